The maximum atomic E-state index is 2.58. The summed E-state index contributed by atoms with van der Waals surface area (Å²) >= 11 is 0. The van der Waals surface area contributed by atoms with Crippen molar-refractivity contribution in [2.24, 2.45) is 52.3 Å². The lowest BCUT2D eigenvalue weighted by Crippen LogP contribution is -2.97. The summed E-state index contributed by atoms with van der Waals surface area (Å²) < 4.78 is 0. The van der Waals surface area contributed by atoms with E-state index < -0.39 is 0 Å². The van der Waals surface area contributed by atoms with Gasteiger partial charge in [-0.3, -0.25) is 0 Å². The zero-order valence-electron chi connectivity index (χ0n) is 10.0. The van der Waals surface area contributed by atoms with Crippen LogP contribution in [0.15, 0.2) is 0 Å². The van der Waals surface area contributed by atoms with Gasteiger partial charge in [0.05, 0.1) is 0 Å². The summed E-state index contributed by atoms with van der Waals surface area (Å²) in [5, 5.41) is 0. The minimum absolute atomic E-state index is 0.797. The van der Waals surface area contributed by atoms with Crippen molar-refractivity contribution in [2.75, 3.05) is 0 Å². The first-order chi connectivity index (χ1) is 6.50. The fraction of sp³-hybridized carbons (Fsp3) is 1.00. The maximum Gasteiger partial charge on any atom is -0.0178 e. The molecular formula is C14H22. The molecule has 0 bridgehead atoms. The monoisotopic (exact) mass is 190 g/mol. The molecule has 8 atom stereocenters. The van der Waals surface area contributed by atoms with Crippen molar-refractivity contribution in [2.45, 2.75) is 34.6 Å². The molecule has 0 heterocycles. The van der Waals surface area contributed by atoms with E-state index in [1.54, 1.807) is 0 Å². The van der Waals surface area contributed by atoms with Gasteiger partial charge in [-0.25, -0.2) is 0 Å². The standard InChI is InChI=1S/C14H22/c1-6(2)14-8(4)9-12(14)11-10(14)7(3)13(9,11)5/h6-12H,1-5H3. The van der Waals surface area contributed by atoms with E-state index in [9.17, 15) is 0 Å². The van der Waals surface area contributed by atoms with Gasteiger partial charge in [0.1, 0.15) is 0 Å². The molecule has 0 nitrogen and oxygen atoms in total. The van der Waals surface area contributed by atoms with E-state index in [0.29, 0.717) is 0 Å². The third-order valence-corrected chi connectivity index (χ3v) is 7.60. The molecular weight excluding hydrogens is 168 g/mol. The predicted octanol–water partition coefficient (Wildman–Crippen LogP) is 3.43. The van der Waals surface area contributed by atoms with Gasteiger partial charge in [0.25, 0.3) is 0 Å². The van der Waals surface area contributed by atoms with Crippen LogP contribution in [-0.4, -0.2) is 0 Å². The molecule has 0 heteroatoms. The van der Waals surface area contributed by atoms with E-state index in [1.807, 2.05) is 0 Å². The first-order valence-corrected chi connectivity index (χ1v) is 6.50. The van der Waals surface area contributed by atoms with Crippen LogP contribution in [0.2, 0.25) is 0 Å². The molecule has 4 aliphatic rings. The Bertz CT molecular complexity index is 315. The first-order valence-electron chi connectivity index (χ1n) is 6.50. The Labute approximate surface area is 87.5 Å². The van der Waals surface area contributed by atoms with Gasteiger partial charge in [-0.15, -0.1) is 0 Å². The number of rotatable bonds is 1. The van der Waals surface area contributed by atoms with Crippen molar-refractivity contribution in [3.8, 4) is 0 Å². The first kappa shape index (κ1) is 8.19. The van der Waals surface area contributed by atoms with Crippen molar-refractivity contribution < 1.29 is 0 Å². The molecule has 78 valence electrons. The molecule has 0 aromatic rings. The molecule has 0 radical (unpaired) electrons. The molecule has 4 saturated carbocycles. The molecule has 14 heavy (non-hydrogen) atoms. The summed E-state index contributed by atoms with van der Waals surface area (Å²) in [4.78, 5) is 0. The molecule has 8 unspecified atom stereocenters. The fourth-order valence-electron chi connectivity index (χ4n) is 7.31. The summed E-state index contributed by atoms with van der Waals surface area (Å²) in [6.07, 6.45) is 0. The van der Waals surface area contributed by atoms with Crippen molar-refractivity contribution >= 4 is 0 Å². The lowest BCUT2D eigenvalue weighted by molar-refractivity contribution is -0.537. The number of hydrogen-bond acceptors (Lipinski definition) is 0. The SMILES string of the molecule is CC1C2C3C4C(C(C)C24C(C)C)C13C. The molecule has 4 rings (SSSR count). The Morgan fingerprint density at radius 1 is 0.857 bits per heavy atom. The molecule has 0 aliphatic heterocycles. The summed E-state index contributed by atoms with van der Waals surface area (Å²) in [6.45, 7) is 12.6. The molecule has 0 aromatic heterocycles. The van der Waals surface area contributed by atoms with Gasteiger partial charge in [-0.2, -0.15) is 0 Å². The predicted molar refractivity (Wildman–Crippen MR) is 57.7 cm³/mol. The lowest BCUT2D eigenvalue weighted by Gasteiger charge is -3.00. The van der Waals surface area contributed by atoms with E-state index in [0.717, 1.165) is 40.4 Å². The average Bonchev–Trinajstić information content (AvgIpc) is 2.08. The van der Waals surface area contributed by atoms with Crippen LogP contribution in [0.5, 0.6) is 0 Å². The average molecular weight is 190 g/mol. The highest BCUT2D eigenvalue weighted by Crippen LogP contribution is 2.99. The Hall–Kier alpha value is 0. The largest absolute Gasteiger partial charge is 0.0622 e. The summed E-state index contributed by atoms with van der Waals surface area (Å²) in [5.41, 5.74) is 1.61. The van der Waals surface area contributed by atoms with Gasteiger partial charge in [-0.05, 0) is 52.3 Å². The minimum Gasteiger partial charge on any atom is -0.0622 e. The highest BCUT2D eigenvalue weighted by atomic mass is 15.0. The van der Waals surface area contributed by atoms with Crippen LogP contribution in [0, 0.1) is 52.3 Å². The van der Waals surface area contributed by atoms with Crippen LogP contribution in [0.3, 0.4) is 0 Å². The van der Waals surface area contributed by atoms with E-state index >= 15 is 0 Å². The van der Waals surface area contributed by atoms with Crippen molar-refractivity contribution in [1.82, 2.24) is 0 Å². The minimum atomic E-state index is 0.797. The van der Waals surface area contributed by atoms with E-state index in [4.69, 9.17) is 0 Å². The molecule has 4 aliphatic carbocycles. The van der Waals surface area contributed by atoms with E-state index in [-0.39, 0.29) is 0 Å². The quantitative estimate of drug-likeness (QED) is 0.594. The van der Waals surface area contributed by atoms with Crippen LogP contribution < -0.4 is 0 Å². The van der Waals surface area contributed by atoms with Gasteiger partial charge in [0.2, 0.25) is 0 Å². The van der Waals surface area contributed by atoms with Crippen molar-refractivity contribution in [3.63, 3.8) is 0 Å². The molecule has 0 N–H and O–H groups in total. The smallest absolute Gasteiger partial charge is 0.0178 e. The third-order valence-electron chi connectivity index (χ3n) is 7.60. The van der Waals surface area contributed by atoms with Crippen LogP contribution >= 0.6 is 0 Å². The van der Waals surface area contributed by atoms with Crippen LogP contribution in [-0.2, 0) is 0 Å². The maximum absolute atomic E-state index is 2.58. The topological polar surface area (TPSA) is 0 Å². The molecule has 0 amide bonds. The lowest BCUT2D eigenvalue weighted by atomic mass is 9.04. The highest BCUT2D eigenvalue weighted by molar-refractivity contribution is 5.42. The molecule has 0 aromatic carbocycles. The highest BCUT2D eigenvalue weighted by Gasteiger charge is 2.95. The second kappa shape index (κ2) is 1.72. The van der Waals surface area contributed by atoms with Crippen LogP contribution in [0.25, 0.3) is 0 Å². The van der Waals surface area contributed by atoms with Gasteiger partial charge >= 0.3 is 0 Å². The van der Waals surface area contributed by atoms with Crippen LogP contribution in [0.1, 0.15) is 34.6 Å². The summed E-state index contributed by atoms with van der Waals surface area (Å²) in [5.74, 6) is 7.61. The fourth-order valence-corrected chi connectivity index (χ4v) is 7.31. The Morgan fingerprint density at radius 3 is 1.93 bits per heavy atom. The normalized spacial score (nSPS) is 76.7. The number of hydrogen-bond donors (Lipinski definition) is 0. The van der Waals surface area contributed by atoms with Gasteiger partial charge in [0, 0.05) is 0 Å². The molecule has 4 fully saturated rings. The third kappa shape index (κ3) is 0.378. The summed E-state index contributed by atoms with van der Waals surface area (Å²) in [7, 11) is 0. The zero-order valence-corrected chi connectivity index (χ0v) is 10.0. The number of fused-ring (bicyclic) bond motifs is 2. The molecule has 0 saturated heterocycles. The van der Waals surface area contributed by atoms with Crippen molar-refractivity contribution in [3.05, 3.63) is 0 Å². The van der Waals surface area contributed by atoms with Gasteiger partial charge in [-0.1, -0.05) is 34.6 Å². The Morgan fingerprint density at radius 2 is 1.50 bits per heavy atom. The zero-order chi connectivity index (χ0) is 10.0. The summed E-state index contributed by atoms with van der Waals surface area (Å²) in [6, 6.07) is 0. The Kier molecular flexibility index (Phi) is 1.01. The second-order valence-corrected chi connectivity index (χ2v) is 7.20. The van der Waals surface area contributed by atoms with Gasteiger partial charge < -0.3 is 0 Å². The van der Waals surface area contributed by atoms with E-state index in [1.165, 1.54) is 11.8 Å². The Balaban J connectivity index is 1.82. The van der Waals surface area contributed by atoms with E-state index in [2.05, 4.69) is 34.6 Å². The van der Waals surface area contributed by atoms with Crippen LogP contribution in [0.4, 0.5) is 0 Å². The second-order valence-electron chi connectivity index (χ2n) is 7.20. The van der Waals surface area contributed by atoms with Gasteiger partial charge in [0.15, 0.2) is 0 Å². The molecule has 0 spiro atoms. The van der Waals surface area contributed by atoms with Crippen molar-refractivity contribution in [1.29, 1.82) is 0 Å².